The van der Waals surface area contributed by atoms with Crippen molar-refractivity contribution in [2.75, 3.05) is 13.7 Å². The number of benzene rings is 1. The first kappa shape index (κ1) is 14.6. The molecule has 1 atom stereocenters. The number of amides is 1. The van der Waals surface area contributed by atoms with Crippen molar-refractivity contribution in [3.63, 3.8) is 0 Å². The number of aliphatic hydroxyl groups is 1. The molecule has 1 aliphatic heterocycles. The Morgan fingerprint density at radius 1 is 1.43 bits per heavy atom. The van der Waals surface area contributed by atoms with Gasteiger partial charge in [-0.05, 0) is 24.6 Å². The molecule has 108 valence electrons. The minimum Gasteiger partial charge on any atom is -0.503 e. The maximum Gasteiger partial charge on any atom is 0.290 e. The number of carbonyl (C=O) groups is 2. The van der Waals surface area contributed by atoms with Crippen LogP contribution in [0.25, 0.3) is 0 Å². The Morgan fingerprint density at radius 3 is 2.52 bits per heavy atom. The number of hydrogen-bond donors (Lipinski definition) is 1. The molecular formula is C15H14N2O4. The average molecular weight is 286 g/mol. The van der Waals surface area contributed by atoms with E-state index in [1.807, 2.05) is 6.07 Å². The minimum absolute atomic E-state index is 0.0143. The topological polar surface area (TPSA) is 90.6 Å². The summed E-state index contributed by atoms with van der Waals surface area (Å²) in [6.07, 6.45) is 0. The number of carbonyl (C=O) groups excluding carboxylic acids is 2. The highest BCUT2D eigenvalue weighted by Gasteiger charge is 2.42. The number of aliphatic hydroxyl groups excluding tert-OH is 1. The minimum atomic E-state index is -0.749. The molecule has 6 nitrogen and oxygen atoms in total. The van der Waals surface area contributed by atoms with Crippen LogP contribution >= 0.6 is 0 Å². The first-order chi connectivity index (χ1) is 10.0. The molecule has 0 aliphatic carbocycles. The molecule has 2 rings (SSSR count). The quantitative estimate of drug-likeness (QED) is 0.847. The van der Waals surface area contributed by atoms with E-state index >= 15 is 0 Å². The van der Waals surface area contributed by atoms with E-state index in [4.69, 9.17) is 10.00 Å². The zero-order valence-corrected chi connectivity index (χ0v) is 11.7. The summed E-state index contributed by atoms with van der Waals surface area (Å²) in [7, 11) is 1.53. The smallest absolute Gasteiger partial charge is 0.290 e. The van der Waals surface area contributed by atoms with Crippen LogP contribution in [0.3, 0.4) is 0 Å². The van der Waals surface area contributed by atoms with Crippen LogP contribution in [-0.2, 0) is 9.59 Å². The summed E-state index contributed by atoms with van der Waals surface area (Å²) in [6.45, 7) is 1.07. The maximum absolute atomic E-state index is 12.0. The van der Waals surface area contributed by atoms with E-state index in [0.717, 1.165) is 0 Å². The number of nitrogens with zero attached hydrogens (tertiary/aromatic N) is 2. The number of ether oxygens (including phenoxy) is 1. The van der Waals surface area contributed by atoms with Crippen LogP contribution in [0, 0.1) is 11.3 Å². The molecule has 0 saturated heterocycles. The third-order valence-electron chi connectivity index (χ3n) is 3.36. The van der Waals surface area contributed by atoms with Gasteiger partial charge in [0.15, 0.2) is 11.5 Å². The molecule has 1 aromatic carbocycles. The lowest BCUT2D eigenvalue weighted by Crippen LogP contribution is -2.31. The van der Waals surface area contributed by atoms with Crippen LogP contribution in [0.5, 0.6) is 5.75 Å². The van der Waals surface area contributed by atoms with Gasteiger partial charge in [-0.15, -0.1) is 0 Å². The second-order valence-electron chi connectivity index (χ2n) is 4.59. The molecule has 1 N–H and O–H groups in total. The number of ketones is 1. The van der Waals surface area contributed by atoms with Gasteiger partial charge in [0, 0.05) is 0 Å². The second-order valence-corrected chi connectivity index (χ2v) is 4.59. The van der Waals surface area contributed by atoms with Gasteiger partial charge in [0.25, 0.3) is 5.91 Å². The Bertz CT molecular complexity index is 655. The fourth-order valence-corrected chi connectivity index (χ4v) is 2.39. The highest BCUT2D eigenvalue weighted by molar-refractivity contribution is 6.08. The van der Waals surface area contributed by atoms with Gasteiger partial charge in [-0.2, -0.15) is 5.26 Å². The fraction of sp³-hybridized carbons (Fsp3) is 0.267. The number of Topliss-reactive ketones (excluding diaryl/α,β-unsaturated/α-hetero) is 1. The van der Waals surface area contributed by atoms with Gasteiger partial charge in [-0.25, -0.2) is 0 Å². The number of hydrogen-bond acceptors (Lipinski definition) is 5. The number of methoxy groups -OCH3 is 1. The molecule has 0 radical (unpaired) electrons. The zero-order valence-electron chi connectivity index (χ0n) is 11.7. The van der Waals surface area contributed by atoms with Crippen LogP contribution in [0.2, 0.25) is 0 Å². The number of nitriles is 1. The Labute approximate surface area is 121 Å². The summed E-state index contributed by atoms with van der Waals surface area (Å²) in [6, 6.07) is 7.90. The van der Waals surface area contributed by atoms with E-state index in [1.54, 1.807) is 24.3 Å². The van der Waals surface area contributed by atoms with Crippen molar-refractivity contribution < 1.29 is 19.4 Å². The van der Waals surface area contributed by atoms with Crippen LogP contribution in [-0.4, -0.2) is 35.4 Å². The van der Waals surface area contributed by atoms with Gasteiger partial charge >= 0.3 is 0 Å². The predicted octanol–water partition coefficient (Wildman–Crippen LogP) is 1.50. The lowest BCUT2D eigenvalue weighted by molar-refractivity contribution is -0.128. The highest BCUT2D eigenvalue weighted by atomic mass is 16.5. The molecule has 0 saturated carbocycles. The first-order valence-electron chi connectivity index (χ1n) is 6.27. The van der Waals surface area contributed by atoms with E-state index in [1.165, 1.54) is 18.9 Å². The van der Waals surface area contributed by atoms with Gasteiger partial charge < -0.3 is 14.7 Å². The summed E-state index contributed by atoms with van der Waals surface area (Å²) < 4.78 is 5.06. The highest BCUT2D eigenvalue weighted by Crippen LogP contribution is 2.37. The molecule has 1 amide bonds. The second kappa shape index (κ2) is 5.67. The SMILES string of the molecule is COc1ccc(C2C(C(C)=O)=C(O)C(=O)N2CC#N)cc1. The number of rotatable bonds is 4. The van der Waals surface area contributed by atoms with E-state index in [2.05, 4.69) is 0 Å². The summed E-state index contributed by atoms with van der Waals surface area (Å²) in [5.41, 5.74) is 0.647. The summed E-state index contributed by atoms with van der Waals surface area (Å²) in [5, 5.41) is 18.7. The van der Waals surface area contributed by atoms with Crippen LogP contribution in [0.15, 0.2) is 35.6 Å². The molecule has 0 spiro atoms. The third kappa shape index (κ3) is 2.46. The molecule has 0 bridgehead atoms. The van der Waals surface area contributed by atoms with Gasteiger partial charge in [-0.3, -0.25) is 9.59 Å². The molecular weight excluding hydrogens is 272 g/mol. The Kier molecular flexibility index (Phi) is 3.94. The summed E-state index contributed by atoms with van der Waals surface area (Å²) in [5.74, 6) is -1.06. The van der Waals surface area contributed by atoms with Gasteiger partial charge in [0.1, 0.15) is 12.3 Å². The van der Waals surface area contributed by atoms with Crippen molar-refractivity contribution >= 4 is 11.7 Å². The lowest BCUT2D eigenvalue weighted by Gasteiger charge is -2.24. The molecule has 1 aliphatic rings. The van der Waals surface area contributed by atoms with Crippen molar-refractivity contribution in [1.82, 2.24) is 4.90 Å². The van der Waals surface area contributed by atoms with Gasteiger partial charge in [0.2, 0.25) is 0 Å². The van der Waals surface area contributed by atoms with Gasteiger partial charge in [0.05, 0.1) is 24.8 Å². The van der Waals surface area contributed by atoms with Gasteiger partial charge in [-0.1, -0.05) is 12.1 Å². The largest absolute Gasteiger partial charge is 0.503 e. The fourth-order valence-electron chi connectivity index (χ4n) is 2.39. The lowest BCUT2D eigenvalue weighted by atomic mass is 9.97. The zero-order chi connectivity index (χ0) is 15.6. The van der Waals surface area contributed by atoms with Crippen LogP contribution < -0.4 is 4.74 Å². The van der Waals surface area contributed by atoms with Crippen molar-refractivity contribution in [3.05, 3.63) is 41.2 Å². The summed E-state index contributed by atoms with van der Waals surface area (Å²) >= 11 is 0. The normalized spacial score (nSPS) is 17.9. The molecule has 1 unspecified atom stereocenters. The van der Waals surface area contributed by atoms with E-state index < -0.39 is 23.5 Å². The molecule has 21 heavy (non-hydrogen) atoms. The Morgan fingerprint density at radius 2 is 2.05 bits per heavy atom. The third-order valence-corrected chi connectivity index (χ3v) is 3.36. The maximum atomic E-state index is 12.0. The average Bonchev–Trinajstić information content (AvgIpc) is 2.73. The van der Waals surface area contributed by atoms with E-state index in [-0.39, 0.29) is 12.1 Å². The van der Waals surface area contributed by atoms with Crippen molar-refractivity contribution in [2.24, 2.45) is 0 Å². The van der Waals surface area contributed by atoms with Crippen molar-refractivity contribution in [2.45, 2.75) is 13.0 Å². The molecule has 1 aromatic rings. The molecule has 0 aromatic heterocycles. The van der Waals surface area contributed by atoms with Crippen molar-refractivity contribution in [3.8, 4) is 11.8 Å². The predicted molar refractivity (Wildman–Crippen MR) is 73.4 cm³/mol. The monoisotopic (exact) mass is 286 g/mol. The Balaban J connectivity index is 2.51. The van der Waals surface area contributed by atoms with E-state index in [0.29, 0.717) is 11.3 Å². The molecule has 1 heterocycles. The standard InChI is InChI=1S/C15H14N2O4/c1-9(18)12-13(10-3-5-11(21-2)6-4-10)17(8-7-16)15(20)14(12)19/h3-6,13,19H,8H2,1-2H3. The molecule has 6 heteroatoms. The summed E-state index contributed by atoms with van der Waals surface area (Å²) in [4.78, 5) is 24.9. The van der Waals surface area contributed by atoms with Crippen molar-refractivity contribution in [1.29, 1.82) is 5.26 Å². The first-order valence-corrected chi connectivity index (χ1v) is 6.27. The Hall–Kier alpha value is -2.81. The van der Waals surface area contributed by atoms with Crippen LogP contribution in [0.1, 0.15) is 18.5 Å². The van der Waals surface area contributed by atoms with Crippen LogP contribution in [0.4, 0.5) is 0 Å². The molecule has 0 fully saturated rings. The van der Waals surface area contributed by atoms with E-state index in [9.17, 15) is 14.7 Å².